The van der Waals surface area contributed by atoms with Crippen LogP contribution in [0.1, 0.15) is 0 Å². The van der Waals surface area contributed by atoms with E-state index in [1.54, 1.807) is 30.6 Å². The molecule has 5 heteroatoms. The largest absolute Gasteiger partial charge is 0.399 e. The Hall–Kier alpha value is -2.17. The Kier molecular flexibility index (Phi) is 1.98. The summed E-state index contributed by atoms with van der Waals surface area (Å²) >= 11 is 0. The summed E-state index contributed by atoms with van der Waals surface area (Å²) in [5.74, 6) is 0.900. The van der Waals surface area contributed by atoms with Crippen molar-refractivity contribution in [1.82, 2.24) is 15.0 Å². The highest BCUT2D eigenvalue weighted by Gasteiger charge is 2.02. The minimum absolute atomic E-state index is 0.416. The Labute approximate surface area is 80.8 Å². The first kappa shape index (κ1) is 8.43. The zero-order chi connectivity index (χ0) is 9.97. The van der Waals surface area contributed by atoms with Crippen LogP contribution in [0.5, 0.6) is 0 Å². The minimum Gasteiger partial charge on any atom is -0.399 e. The van der Waals surface area contributed by atoms with Crippen LogP contribution in [0.25, 0.3) is 11.5 Å². The van der Waals surface area contributed by atoms with Crippen LogP contribution in [0.4, 0.5) is 11.5 Å². The van der Waals surface area contributed by atoms with Crippen molar-refractivity contribution < 1.29 is 0 Å². The van der Waals surface area contributed by atoms with Crippen molar-refractivity contribution in [3.63, 3.8) is 0 Å². The normalized spacial score (nSPS) is 10.0. The third-order valence-electron chi connectivity index (χ3n) is 1.69. The van der Waals surface area contributed by atoms with Crippen LogP contribution in [0.15, 0.2) is 30.6 Å². The molecule has 14 heavy (non-hydrogen) atoms. The lowest BCUT2D eigenvalue weighted by Crippen LogP contribution is -1.96. The number of aromatic nitrogens is 3. The van der Waals surface area contributed by atoms with Gasteiger partial charge in [-0.2, -0.15) is 0 Å². The van der Waals surface area contributed by atoms with Crippen molar-refractivity contribution in [3.05, 3.63) is 30.6 Å². The fourth-order valence-corrected chi connectivity index (χ4v) is 1.07. The fourth-order valence-electron chi connectivity index (χ4n) is 1.07. The maximum Gasteiger partial charge on any atom is 0.180 e. The second-order valence-corrected chi connectivity index (χ2v) is 2.78. The lowest BCUT2D eigenvalue weighted by atomic mass is 10.3. The quantitative estimate of drug-likeness (QED) is 0.685. The topological polar surface area (TPSA) is 90.7 Å². The Morgan fingerprint density at radius 2 is 1.79 bits per heavy atom. The van der Waals surface area contributed by atoms with Crippen molar-refractivity contribution in [1.29, 1.82) is 0 Å². The molecule has 0 saturated heterocycles. The Balaban J connectivity index is 2.49. The van der Waals surface area contributed by atoms with E-state index >= 15 is 0 Å². The van der Waals surface area contributed by atoms with Gasteiger partial charge in [0.1, 0.15) is 11.5 Å². The van der Waals surface area contributed by atoms with Gasteiger partial charge in [0.15, 0.2) is 5.82 Å². The first-order valence-electron chi connectivity index (χ1n) is 4.06. The molecule has 0 aromatic carbocycles. The molecule has 5 nitrogen and oxygen atoms in total. The molecule has 0 aliphatic carbocycles. The molecular formula is C9H9N5. The highest BCUT2D eigenvalue weighted by Crippen LogP contribution is 2.14. The van der Waals surface area contributed by atoms with Crippen LogP contribution in [-0.2, 0) is 0 Å². The van der Waals surface area contributed by atoms with E-state index in [0.717, 1.165) is 0 Å². The van der Waals surface area contributed by atoms with Crippen LogP contribution < -0.4 is 11.5 Å². The lowest BCUT2D eigenvalue weighted by Gasteiger charge is -2.00. The molecule has 0 radical (unpaired) electrons. The van der Waals surface area contributed by atoms with Crippen LogP contribution in [0.2, 0.25) is 0 Å². The van der Waals surface area contributed by atoms with Gasteiger partial charge in [-0.1, -0.05) is 0 Å². The Morgan fingerprint density at radius 1 is 1.00 bits per heavy atom. The standard InChI is InChI=1S/C9H9N5/c10-6-1-3-12-7(5-6)9-13-4-2-8(11)14-9/h1-5H,(H2,10,12)(H2,11,13,14). The number of anilines is 2. The number of nitrogen functional groups attached to an aromatic ring is 2. The molecule has 70 valence electrons. The molecule has 0 aliphatic heterocycles. The summed E-state index contributed by atoms with van der Waals surface area (Å²) < 4.78 is 0. The lowest BCUT2D eigenvalue weighted by molar-refractivity contribution is 1.15. The fraction of sp³-hybridized carbons (Fsp3) is 0. The average molecular weight is 187 g/mol. The summed E-state index contributed by atoms with van der Waals surface area (Å²) in [6.07, 6.45) is 3.19. The molecule has 2 heterocycles. The minimum atomic E-state index is 0.416. The number of hydrogen-bond acceptors (Lipinski definition) is 5. The average Bonchev–Trinajstić information content (AvgIpc) is 2.18. The number of nitrogens with two attached hydrogens (primary N) is 2. The molecule has 0 aliphatic rings. The van der Waals surface area contributed by atoms with Gasteiger partial charge < -0.3 is 11.5 Å². The van der Waals surface area contributed by atoms with Gasteiger partial charge in [0.05, 0.1) is 0 Å². The summed E-state index contributed by atoms with van der Waals surface area (Å²) in [5.41, 5.74) is 12.4. The molecule has 2 rings (SSSR count). The molecule has 0 unspecified atom stereocenters. The second kappa shape index (κ2) is 3.29. The van der Waals surface area contributed by atoms with Gasteiger partial charge in [-0.15, -0.1) is 0 Å². The van der Waals surface area contributed by atoms with Crippen LogP contribution in [0, 0.1) is 0 Å². The van der Waals surface area contributed by atoms with Gasteiger partial charge in [0.25, 0.3) is 0 Å². The van der Waals surface area contributed by atoms with Crippen molar-refractivity contribution in [2.45, 2.75) is 0 Å². The maximum atomic E-state index is 5.61. The third kappa shape index (κ3) is 1.61. The molecule has 2 aromatic heterocycles. The Morgan fingerprint density at radius 3 is 2.50 bits per heavy atom. The van der Waals surface area contributed by atoms with Gasteiger partial charge in [-0.05, 0) is 18.2 Å². The van der Waals surface area contributed by atoms with E-state index in [4.69, 9.17) is 11.5 Å². The number of hydrogen-bond donors (Lipinski definition) is 2. The molecule has 0 amide bonds. The first-order valence-corrected chi connectivity index (χ1v) is 4.06. The molecule has 0 fully saturated rings. The molecule has 0 atom stereocenters. The first-order chi connectivity index (χ1) is 6.75. The second-order valence-electron chi connectivity index (χ2n) is 2.78. The molecule has 2 aromatic rings. The molecule has 0 saturated carbocycles. The van der Waals surface area contributed by atoms with Crippen LogP contribution >= 0.6 is 0 Å². The van der Waals surface area contributed by atoms with E-state index in [-0.39, 0.29) is 0 Å². The van der Waals surface area contributed by atoms with E-state index in [0.29, 0.717) is 23.0 Å². The van der Waals surface area contributed by atoms with E-state index in [9.17, 15) is 0 Å². The van der Waals surface area contributed by atoms with E-state index < -0.39 is 0 Å². The van der Waals surface area contributed by atoms with Crippen LogP contribution in [0.3, 0.4) is 0 Å². The van der Waals surface area contributed by atoms with Crippen molar-refractivity contribution >= 4 is 11.5 Å². The predicted octanol–water partition coefficient (Wildman–Crippen LogP) is 0.703. The van der Waals surface area contributed by atoms with Crippen molar-refractivity contribution in [2.75, 3.05) is 11.5 Å². The van der Waals surface area contributed by atoms with E-state index in [1.165, 1.54) is 0 Å². The molecular weight excluding hydrogens is 178 g/mol. The van der Waals surface area contributed by atoms with Gasteiger partial charge in [0.2, 0.25) is 0 Å². The molecule has 0 bridgehead atoms. The third-order valence-corrected chi connectivity index (χ3v) is 1.69. The summed E-state index contributed by atoms with van der Waals surface area (Å²) in [6, 6.07) is 5.03. The summed E-state index contributed by atoms with van der Waals surface area (Å²) in [5, 5.41) is 0. The highest BCUT2D eigenvalue weighted by atomic mass is 15.0. The smallest absolute Gasteiger partial charge is 0.180 e. The zero-order valence-electron chi connectivity index (χ0n) is 7.38. The van der Waals surface area contributed by atoms with E-state index in [2.05, 4.69) is 15.0 Å². The number of pyridine rings is 1. The van der Waals surface area contributed by atoms with Crippen molar-refractivity contribution in [2.24, 2.45) is 0 Å². The van der Waals surface area contributed by atoms with Crippen molar-refractivity contribution in [3.8, 4) is 11.5 Å². The monoisotopic (exact) mass is 187 g/mol. The Bertz CT molecular complexity index is 411. The van der Waals surface area contributed by atoms with E-state index in [1.807, 2.05) is 0 Å². The zero-order valence-corrected chi connectivity index (χ0v) is 7.38. The predicted molar refractivity (Wildman–Crippen MR) is 54.1 cm³/mol. The van der Waals surface area contributed by atoms with Crippen LogP contribution in [-0.4, -0.2) is 15.0 Å². The molecule has 4 N–H and O–H groups in total. The van der Waals surface area contributed by atoms with Gasteiger partial charge in [0, 0.05) is 18.1 Å². The van der Waals surface area contributed by atoms with Gasteiger partial charge in [-0.25, -0.2) is 9.97 Å². The summed E-state index contributed by atoms with van der Waals surface area (Å²) in [7, 11) is 0. The summed E-state index contributed by atoms with van der Waals surface area (Å²) in [4.78, 5) is 12.2. The maximum absolute atomic E-state index is 5.61. The molecule has 0 spiro atoms. The number of nitrogens with zero attached hydrogens (tertiary/aromatic N) is 3. The van der Waals surface area contributed by atoms with Gasteiger partial charge in [-0.3, -0.25) is 4.98 Å². The highest BCUT2D eigenvalue weighted by molar-refractivity contribution is 5.56. The summed E-state index contributed by atoms with van der Waals surface area (Å²) in [6.45, 7) is 0. The van der Waals surface area contributed by atoms with Gasteiger partial charge >= 0.3 is 0 Å². The SMILES string of the molecule is Nc1ccnc(-c2nccc(N)n2)c1. The number of rotatable bonds is 1.